The molecule has 0 aliphatic heterocycles. The summed E-state index contributed by atoms with van der Waals surface area (Å²) in [6.07, 6.45) is 1.27. The highest BCUT2D eigenvalue weighted by Crippen LogP contribution is 2.23. The molecule has 5 heteroatoms. The van der Waals surface area contributed by atoms with E-state index in [1.54, 1.807) is 18.2 Å². The molecule has 0 radical (unpaired) electrons. The van der Waals surface area contributed by atoms with E-state index < -0.39 is 0 Å². The summed E-state index contributed by atoms with van der Waals surface area (Å²) in [4.78, 5) is 23.8. The number of amides is 1. The van der Waals surface area contributed by atoms with Crippen LogP contribution in [0.2, 0.25) is 0 Å². The zero-order valence-corrected chi connectivity index (χ0v) is 14.0. The molecular formula is C19H22N2O3. The van der Waals surface area contributed by atoms with Gasteiger partial charge in [0.15, 0.2) is 12.4 Å². The highest BCUT2D eigenvalue weighted by molar-refractivity contribution is 5.97. The molecule has 0 bridgehead atoms. The number of Topliss-reactive ketones (excluding diaryl/α,β-unsaturated/α-hetero) is 1. The van der Waals surface area contributed by atoms with Crippen LogP contribution in [0.3, 0.4) is 0 Å². The Morgan fingerprint density at radius 2 is 1.92 bits per heavy atom. The summed E-state index contributed by atoms with van der Waals surface area (Å²) in [6, 6.07) is 12.4. The average Bonchev–Trinajstić information content (AvgIpc) is 2.56. The van der Waals surface area contributed by atoms with E-state index in [9.17, 15) is 9.59 Å². The van der Waals surface area contributed by atoms with Crippen molar-refractivity contribution in [3.63, 3.8) is 0 Å². The zero-order chi connectivity index (χ0) is 17.5. The SMILES string of the molecule is CCCC(=O)c1ccc(OCC(=O)Nc2ccccc2C)c(N)c1. The molecule has 0 aliphatic carbocycles. The number of ketones is 1. The lowest BCUT2D eigenvalue weighted by Gasteiger charge is -2.11. The molecule has 0 unspecified atom stereocenters. The Morgan fingerprint density at radius 1 is 1.17 bits per heavy atom. The Balaban J connectivity index is 1.95. The van der Waals surface area contributed by atoms with Gasteiger partial charge in [-0.3, -0.25) is 9.59 Å². The molecule has 0 spiro atoms. The summed E-state index contributed by atoms with van der Waals surface area (Å²) in [6.45, 7) is 3.72. The Hall–Kier alpha value is -2.82. The van der Waals surface area contributed by atoms with Gasteiger partial charge in [-0.25, -0.2) is 0 Å². The number of aryl methyl sites for hydroxylation is 1. The Labute approximate surface area is 141 Å². The summed E-state index contributed by atoms with van der Waals surface area (Å²) >= 11 is 0. The van der Waals surface area contributed by atoms with Crippen molar-refractivity contribution < 1.29 is 14.3 Å². The number of benzene rings is 2. The quantitative estimate of drug-likeness (QED) is 0.602. The average molecular weight is 326 g/mol. The Bertz CT molecular complexity index is 741. The number of rotatable bonds is 7. The number of carbonyl (C=O) groups is 2. The molecule has 3 N–H and O–H groups in total. The third kappa shape index (κ3) is 4.59. The van der Waals surface area contributed by atoms with Crippen LogP contribution in [0.5, 0.6) is 5.75 Å². The van der Waals surface area contributed by atoms with Crippen LogP contribution >= 0.6 is 0 Å². The number of anilines is 2. The number of nitrogens with two attached hydrogens (primary N) is 1. The van der Waals surface area contributed by atoms with Gasteiger partial charge in [-0.15, -0.1) is 0 Å². The predicted molar refractivity (Wildman–Crippen MR) is 95.4 cm³/mol. The van der Waals surface area contributed by atoms with Gasteiger partial charge < -0.3 is 15.8 Å². The maximum atomic E-state index is 12.0. The van der Waals surface area contributed by atoms with Crippen molar-refractivity contribution in [2.75, 3.05) is 17.7 Å². The number of hydrogen-bond acceptors (Lipinski definition) is 4. The van der Waals surface area contributed by atoms with Gasteiger partial charge in [-0.05, 0) is 43.2 Å². The van der Waals surface area contributed by atoms with Gasteiger partial charge in [0.25, 0.3) is 5.91 Å². The van der Waals surface area contributed by atoms with Crippen molar-refractivity contribution >= 4 is 23.1 Å². The molecule has 5 nitrogen and oxygen atoms in total. The number of nitrogens with one attached hydrogen (secondary N) is 1. The highest BCUT2D eigenvalue weighted by Gasteiger charge is 2.10. The second-order valence-corrected chi connectivity index (χ2v) is 5.58. The molecule has 0 heterocycles. The maximum absolute atomic E-state index is 12.0. The monoisotopic (exact) mass is 326 g/mol. The van der Waals surface area contributed by atoms with E-state index in [2.05, 4.69) is 5.32 Å². The first-order valence-electron chi connectivity index (χ1n) is 7.92. The van der Waals surface area contributed by atoms with Gasteiger partial charge in [0.05, 0.1) is 5.69 Å². The number of hydrogen-bond donors (Lipinski definition) is 2. The fraction of sp³-hybridized carbons (Fsp3) is 0.263. The van der Waals surface area contributed by atoms with E-state index >= 15 is 0 Å². The third-order valence-electron chi connectivity index (χ3n) is 3.59. The second-order valence-electron chi connectivity index (χ2n) is 5.58. The lowest BCUT2D eigenvalue weighted by atomic mass is 10.1. The van der Waals surface area contributed by atoms with Crippen molar-refractivity contribution in [2.45, 2.75) is 26.7 Å². The first-order chi connectivity index (χ1) is 11.5. The molecule has 126 valence electrons. The Morgan fingerprint density at radius 3 is 2.58 bits per heavy atom. The zero-order valence-electron chi connectivity index (χ0n) is 14.0. The first kappa shape index (κ1) is 17.5. The van der Waals surface area contributed by atoms with Gasteiger partial charge in [-0.2, -0.15) is 0 Å². The van der Waals surface area contributed by atoms with Crippen molar-refractivity contribution in [3.8, 4) is 5.75 Å². The largest absolute Gasteiger partial charge is 0.482 e. The topological polar surface area (TPSA) is 81.4 Å². The number of nitrogen functional groups attached to an aromatic ring is 1. The molecule has 0 atom stereocenters. The van der Waals surface area contributed by atoms with Crippen molar-refractivity contribution in [1.82, 2.24) is 0 Å². The molecular weight excluding hydrogens is 304 g/mol. The minimum Gasteiger partial charge on any atom is -0.482 e. The van der Waals surface area contributed by atoms with Gasteiger partial charge in [0.2, 0.25) is 0 Å². The molecule has 24 heavy (non-hydrogen) atoms. The van der Waals surface area contributed by atoms with Gasteiger partial charge in [0, 0.05) is 17.7 Å². The number of para-hydroxylation sites is 1. The van der Waals surface area contributed by atoms with Crippen LogP contribution in [-0.4, -0.2) is 18.3 Å². The molecule has 2 aromatic carbocycles. The summed E-state index contributed by atoms with van der Waals surface area (Å²) in [5.74, 6) is 0.172. The van der Waals surface area contributed by atoms with Crippen molar-refractivity contribution in [2.24, 2.45) is 0 Å². The van der Waals surface area contributed by atoms with Gasteiger partial charge >= 0.3 is 0 Å². The molecule has 0 aromatic heterocycles. The fourth-order valence-electron chi connectivity index (χ4n) is 2.27. The van der Waals surface area contributed by atoms with E-state index in [0.29, 0.717) is 23.4 Å². The van der Waals surface area contributed by atoms with Crippen LogP contribution in [-0.2, 0) is 4.79 Å². The van der Waals surface area contributed by atoms with E-state index in [1.807, 2.05) is 38.1 Å². The standard InChI is InChI=1S/C19H22N2O3/c1-3-6-17(22)14-9-10-18(15(20)11-14)24-12-19(23)21-16-8-5-4-7-13(16)2/h4-5,7-11H,3,6,12,20H2,1-2H3,(H,21,23). The predicted octanol–water partition coefficient (Wildman–Crippen LogP) is 3.58. The van der Waals surface area contributed by atoms with Crippen LogP contribution < -0.4 is 15.8 Å². The molecule has 0 aliphatic rings. The third-order valence-corrected chi connectivity index (χ3v) is 3.59. The lowest BCUT2D eigenvalue weighted by molar-refractivity contribution is -0.118. The van der Waals surface area contributed by atoms with Gasteiger partial charge in [0.1, 0.15) is 5.75 Å². The van der Waals surface area contributed by atoms with Crippen LogP contribution in [0.15, 0.2) is 42.5 Å². The normalized spacial score (nSPS) is 10.2. The van der Waals surface area contributed by atoms with E-state index in [0.717, 1.165) is 17.7 Å². The molecule has 0 saturated heterocycles. The molecule has 2 rings (SSSR count). The van der Waals surface area contributed by atoms with Crippen molar-refractivity contribution in [3.05, 3.63) is 53.6 Å². The minimum atomic E-state index is -0.269. The Kier molecular flexibility index (Phi) is 5.95. The van der Waals surface area contributed by atoms with Crippen LogP contribution in [0, 0.1) is 6.92 Å². The van der Waals surface area contributed by atoms with Crippen LogP contribution in [0.4, 0.5) is 11.4 Å². The summed E-state index contributed by atoms with van der Waals surface area (Å²) < 4.78 is 5.46. The van der Waals surface area contributed by atoms with Gasteiger partial charge in [-0.1, -0.05) is 25.1 Å². The highest BCUT2D eigenvalue weighted by atomic mass is 16.5. The summed E-state index contributed by atoms with van der Waals surface area (Å²) in [5.41, 5.74) is 8.54. The molecule has 0 fully saturated rings. The number of ether oxygens (including phenoxy) is 1. The number of carbonyl (C=O) groups excluding carboxylic acids is 2. The second kappa shape index (κ2) is 8.15. The lowest BCUT2D eigenvalue weighted by Crippen LogP contribution is -2.21. The molecule has 0 saturated carbocycles. The van der Waals surface area contributed by atoms with E-state index in [-0.39, 0.29) is 18.3 Å². The smallest absolute Gasteiger partial charge is 0.262 e. The van der Waals surface area contributed by atoms with E-state index in [4.69, 9.17) is 10.5 Å². The van der Waals surface area contributed by atoms with Crippen LogP contribution in [0.25, 0.3) is 0 Å². The summed E-state index contributed by atoms with van der Waals surface area (Å²) in [5, 5.41) is 2.79. The summed E-state index contributed by atoms with van der Waals surface area (Å²) in [7, 11) is 0. The maximum Gasteiger partial charge on any atom is 0.262 e. The van der Waals surface area contributed by atoms with Crippen molar-refractivity contribution in [1.29, 1.82) is 0 Å². The first-order valence-corrected chi connectivity index (χ1v) is 7.92. The fourth-order valence-corrected chi connectivity index (χ4v) is 2.27. The molecule has 2 aromatic rings. The minimum absolute atomic E-state index is 0.0491. The van der Waals surface area contributed by atoms with E-state index in [1.165, 1.54) is 0 Å². The van der Waals surface area contributed by atoms with Crippen LogP contribution in [0.1, 0.15) is 35.7 Å². The molecule has 1 amide bonds.